The topological polar surface area (TPSA) is 60.5 Å². The molecule has 2 heterocycles. The average molecular weight is 374 g/mol. The van der Waals surface area contributed by atoms with Crippen LogP contribution in [0.4, 0.5) is 5.13 Å². The van der Waals surface area contributed by atoms with E-state index < -0.39 is 0 Å². The van der Waals surface area contributed by atoms with Crippen molar-refractivity contribution in [1.29, 1.82) is 0 Å². The predicted molar refractivity (Wildman–Crippen MR) is 102 cm³/mol. The van der Waals surface area contributed by atoms with Gasteiger partial charge in [0.1, 0.15) is 0 Å². The van der Waals surface area contributed by atoms with Gasteiger partial charge in [0.05, 0.1) is 30.7 Å². The van der Waals surface area contributed by atoms with Crippen LogP contribution in [-0.2, 0) is 4.79 Å². The smallest absolute Gasteiger partial charge is 0.229 e. The van der Waals surface area contributed by atoms with Crippen LogP contribution in [0.15, 0.2) is 41.8 Å². The molecular weight excluding hydrogens is 356 g/mol. The maximum atomic E-state index is 12.1. The summed E-state index contributed by atoms with van der Waals surface area (Å²) < 4.78 is 10.8. The number of carbonyl (C=O) groups excluding carboxylic acids is 1. The molecule has 3 aromatic rings. The molecule has 0 aliphatic carbocycles. The minimum Gasteiger partial charge on any atom is -0.493 e. The highest BCUT2D eigenvalue weighted by Crippen LogP contribution is 2.30. The van der Waals surface area contributed by atoms with Crippen molar-refractivity contribution in [3.63, 3.8) is 0 Å². The summed E-state index contributed by atoms with van der Waals surface area (Å²) in [5.41, 5.74) is 0.892. The van der Waals surface area contributed by atoms with Crippen molar-refractivity contribution in [2.75, 3.05) is 19.0 Å². The number of carbonyl (C=O) groups is 1. The number of nitrogens with zero attached hydrogens (tertiary/aromatic N) is 1. The number of hydrogen-bond donors (Lipinski definition) is 1. The molecule has 7 heteroatoms. The zero-order valence-electron chi connectivity index (χ0n) is 13.9. The van der Waals surface area contributed by atoms with Crippen molar-refractivity contribution in [3.05, 3.63) is 46.7 Å². The summed E-state index contributed by atoms with van der Waals surface area (Å²) in [6.45, 7) is 2.33. The molecule has 5 nitrogen and oxygen atoms in total. The molecule has 0 unspecified atom stereocenters. The number of ether oxygens (including phenoxy) is 2. The lowest BCUT2D eigenvalue weighted by Crippen LogP contribution is -2.15. The second kappa shape index (κ2) is 8.13. The van der Waals surface area contributed by atoms with E-state index in [2.05, 4.69) is 23.3 Å². The number of benzene rings is 1. The molecule has 0 bridgehead atoms. The van der Waals surface area contributed by atoms with Crippen LogP contribution in [0.5, 0.6) is 11.5 Å². The first-order chi connectivity index (χ1) is 12.2. The molecule has 0 radical (unpaired) electrons. The first-order valence-electron chi connectivity index (χ1n) is 7.73. The minimum absolute atomic E-state index is 0.127. The molecule has 0 atom stereocenters. The van der Waals surface area contributed by atoms with Crippen LogP contribution in [0.1, 0.15) is 11.3 Å². The lowest BCUT2D eigenvalue weighted by molar-refractivity contribution is -0.116. The SMILES string of the molecule is COc1ccccc1OCCC(=O)Nc1nc(-c2ccc(C)s2)cs1. The molecule has 1 aromatic carbocycles. The minimum atomic E-state index is -0.127. The van der Waals surface area contributed by atoms with Gasteiger partial charge in [-0.25, -0.2) is 4.98 Å². The first kappa shape index (κ1) is 17.4. The number of rotatable bonds is 7. The summed E-state index contributed by atoms with van der Waals surface area (Å²) in [5, 5.41) is 5.37. The lowest BCUT2D eigenvalue weighted by Gasteiger charge is -2.09. The zero-order chi connectivity index (χ0) is 17.6. The van der Waals surface area contributed by atoms with Crippen LogP contribution in [0.2, 0.25) is 0 Å². The second-order valence-corrected chi connectivity index (χ2v) is 7.39. The van der Waals surface area contributed by atoms with Gasteiger partial charge in [-0.1, -0.05) is 12.1 Å². The van der Waals surface area contributed by atoms with E-state index in [4.69, 9.17) is 9.47 Å². The standard InChI is InChI=1S/C18H18N2O3S2/c1-12-7-8-16(25-12)13-11-24-18(19-13)20-17(21)9-10-23-15-6-4-3-5-14(15)22-2/h3-8,11H,9-10H2,1-2H3,(H,19,20,21). The molecule has 0 saturated heterocycles. The zero-order valence-corrected chi connectivity index (χ0v) is 15.6. The van der Waals surface area contributed by atoms with E-state index in [0.717, 1.165) is 10.6 Å². The maximum absolute atomic E-state index is 12.1. The van der Waals surface area contributed by atoms with Crippen molar-refractivity contribution in [1.82, 2.24) is 4.98 Å². The number of aromatic nitrogens is 1. The van der Waals surface area contributed by atoms with Crippen LogP contribution in [0, 0.1) is 6.92 Å². The Hall–Kier alpha value is -2.38. The molecule has 2 aromatic heterocycles. The summed E-state index contributed by atoms with van der Waals surface area (Å²) >= 11 is 3.11. The van der Waals surface area contributed by atoms with E-state index in [1.54, 1.807) is 18.4 Å². The Morgan fingerprint density at radius 1 is 1.20 bits per heavy atom. The summed E-state index contributed by atoms with van der Waals surface area (Å²) in [7, 11) is 1.59. The summed E-state index contributed by atoms with van der Waals surface area (Å²) in [5.74, 6) is 1.15. The van der Waals surface area contributed by atoms with Crippen LogP contribution < -0.4 is 14.8 Å². The Kier molecular flexibility index (Phi) is 5.67. The van der Waals surface area contributed by atoms with Gasteiger partial charge < -0.3 is 14.8 Å². The number of amides is 1. The van der Waals surface area contributed by atoms with Gasteiger partial charge in [0.2, 0.25) is 5.91 Å². The van der Waals surface area contributed by atoms with Gasteiger partial charge in [0, 0.05) is 10.3 Å². The number of methoxy groups -OCH3 is 1. The summed E-state index contributed by atoms with van der Waals surface area (Å²) in [4.78, 5) is 18.9. The number of thiazole rings is 1. The van der Waals surface area contributed by atoms with Gasteiger partial charge >= 0.3 is 0 Å². The number of aryl methyl sites for hydroxylation is 1. The Balaban J connectivity index is 1.50. The van der Waals surface area contributed by atoms with Gasteiger partial charge in [-0.15, -0.1) is 22.7 Å². The summed E-state index contributed by atoms with van der Waals surface area (Å²) in [6.07, 6.45) is 0.241. The van der Waals surface area contributed by atoms with Crippen LogP contribution in [-0.4, -0.2) is 24.6 Å². The molecule has 0 fully saturated rings. The van der Waals surface area contributed by atoms with Crippen LogP contribution in [0.25, 0.3) is 10.6 Å². The van der Waals surface area contributed by atoms with Crippen molar-refractivity contribution >= 4 is 33.7 Å². The fourth-order valence-electron chi connectivity index (χ4n) is 2.19. The van der Waals surface area contributed by atoms with E-state index in [1.165, 1.54) is 16.2 Å². The third kappa shape index (κ3) is 4.58. The molecule has 0 aliphatic rings. The highest BCUT2D eigenvalue weighted by molar-refractivity contribution is 7.17. The number of hydrogen-bond acceptors (Lipinski definition) is 6. The summed E-state index contributed by atoms with van der Waals surface area (Å²) in [6, 6.07) is 11.5. The number of anilines is 1. The Morgan fingerprint density at radius 2 is 2.00 bits per heavy atom. The fraction of sp³-hybridized carbons (Fsp3) is 0.222. The number of nitrogens with one attached hydrogen (secondary N) is 1. The molecule has 0 aliphatic heterocycles. The van der Waals surface area contributed by atoms with E-state index >= 15 is 0 Å². The van der Waals surface area contributed by atoms with Crippen molar-refractivity contribution in [2.45, 2.75) is 13.3 Å². The second-order valence-electron chi connectivity index (χ2n) is 5.25. The Bertz CT molecular complexity index is 857. The van der Waals surface area contributed by atoms with Crippen molar-refractivity contribution < 1.29 is 14.3 Å². The van der Waals surface area contributed by atoms with Crippen LogP contribution in [0.3, 0.4) is 0 Å². The molecule has 0 spiro atoms. The van der Waals surface area contributed by atoms with Gasteiger partial charge in [0.15, 0.2) is 16.6 Å². The predicted octanol–water partition coefficient (Wildman–Crippen LogP) is 4.60. The Labute approximate surface area is 154 Å². The van der Waals surface area contributed by atoms with Crippen molar-refractivity contribution in [3.8, 4) is 22.1 Å². The van der Waals surface area contributed by atoms with E-state index in [1.807, 2.05) is 35.7 Å². The molecule has 0 saturated carbocycles. The molecule has 3 rings (SSSR count). The van der Waals surface area contributed by atoms with Gasteiger partial charge in [-0.2, -0.15) is 0 Å². The highest BCUT2D eigenvalue weighted by atomic mass is 32.1. The number of para-hydroxylation sites is 2. The van der Waals surface area contributed by atoms with E-state index in [9.17, 15) is 4.79 Å². The van der Waals surface area contributed by atoms with E-state index in [0.29, 0.717) is 16.6 Å². The molecule has 25 heavy (non-hydrogen) atoms. The first-order valence-corrected chi connectivity index (χ1v) is 9.43. The molecule has 1 N–H and O–H groups in total. The third-order valence-corrected chi connectivity index (χ3v) is 5.18. The number of thiophene rings is 1. The molecule has 130 valence electrons. The molecule has 1 amide bonds. The monoisotopic (exact) mass is 374 g/mol. The maximum Gasteiger partial charge on any atom is 0.229 e. The van der Waals surface area contributed by atoms with Gasteiger partial charge in [0.25, 0.3) is 0 Å². The third-order valence-electron chi connectivity index (χ3n) is 3.40. The fourth-order valence-corrected chi connectivity index (χ4v) is 3.82. The Morgan fingerprint density at radius 3 is 2.72 bits per heavy atom. The normalized spacial score (nSPS) is 10.5. The van der Waals surface area contributed by atoms with Gasteiger partial charge in [-0.3, -0.25) is 4.79 Å². The van der Waals surface area contributed by atoms with E-state index in [-0.39, 0.29) is 18.9 Å². The average Bonchev–Trinajstić information content (AvgIpc) is 3.24. The van der Waals surface area contributed by atoms with Crippen LogP contribution >= 0.6 is 22.7 Å². The van der Waals surface area contributed by atoms with Crippen molar-refractivity contribution in [2.24, 2.45) is 0 Å². The molecular formula is C18H18N2O3S2. The van der Waals surface area contributed by atoms with Gasteiger partial charge in [-0.05, 0) is 31.2 Å². The lowest BCUT2D eigenvalue weighted by atomic mass is 10.3. The largest absolute Gasteiger partial charge is 0.493 e. The highest BCUT2D eigenvalue weighted by Gasteiger charge is 2.10. The quantitative estimate of drug-likeness (QED) is 0.657.